The lowest BCUT2D eigenvalue weighted by Gasteiger charge is -2.14. The fourth-order valence-corrected chi connectivity index (χ4v) is 2.38. The van der Waals surface area contributed by atoms with Gasteiger partial charge in [-0.05, 0) is 6.07 Å². The van der Waals surface area contributed by atoms with Gasteiger partial charge in [0.2, 0.25) is 0 Å². The molecular weight excluding hydrogens is 284 g/mol. The molecule has 0 aliphatic carbocycles. The van der Waals surface area contributed by atoms with E-state index in [0.29, 0.717) is 0 Å². The number of nitrogens with zero attached hydrogens (tertiary/aromatic N) is 4. The second kappa shape index (κ2) is 5.00. The highest BCUT2D eigenvalue weighted by Gasteiger charge is 2.45. The number of aromatic nitrogens is 3. The van der Waals surface area contributed by atoms with Crippen LogP contribution in [-0.4, -0.2) is 60.2 Å². The molecule has 112 valence electrons. The quantitative estimate of drug-likeness (QED) is 0.481. The lowest BCUT2D eigenvalue weighted by molar-refractivity contribution is -0.383. The molecule has 1 aromatic carbocycles. The first-order valence-electron chi connectivity index (χ1n) is 6.15. The normalized spacial score (nSPS) is 29.1. The van der Waals surface area contributed by atoms with Gasteiger partial charge in [0.25, 0.3) is 5.69 Å². The predicted molar refractivity (Wildman–Crippen MR) is 67.2 cm³/mol. The highest BCUT2D eigenvalue weighted by atomic mass is 16.6. The van der Waals surface area contributed by atoms with E-state index in [1.165, 1.54) is 18.2 Å². The van der Waals surface area contributed by atoms with Crippen molar-refractivity contribution in [1.82, 2.24) is 15.0 Å². The van der Waals surface area contributed by atoms with Crippen LogP contribution >= 0.6 is 0 Å². The van der Waals surface area contributed by atoms with Gasteiger partial charge in [-0.2, -0.15) is 0 Å². The molecule has 0 spiro atoms. The largest absolute Gasteiger partial charge is 0.394 e. The van der Waals surface area contributed by atoms with Gasteiger partial charge in [0, 0.05) is 6.07 Å². The molecule has 0 unspecified atom stereocenters. The number of non-ortho nitro benzene ring substituents is 1. The number of ether oxygens (including phenoxy) is 1. The Morgan fingerprint density at radius 1 is 1.38 bits per heavy atom. The average Bonchev–Trinajstić information content (AvgIpc) is 3.01. The molecule has 0 amide bonds. The van der Waals surface area contributed by atoms with Crippen LogP contribution in [0.1, 0.15) is 6.23 Å². The van der Waals surface area contributed by atoms with Crippen LogP contribution < -0.4 is 0 Å². The SMILES string of the molecule is O=[N+]([O-])c1cccc2nnn([C@@H]3O[C@H](CO)[C@@H](O)[C@H]3O)c12. The molecule has 1 fully saturated rings. The molecule has 1 saturated heterocycles. The van der Waals surface area contributed by atoms with Crippen LogP contribution in [0.25, 0.3) is 11.0 Å². The van der Waals surface area contributed by atoms with Gasteiger partial charge in [-0.3, -0.25) is 10.1 Å². The van der Waals surface area contributed by atoms with Gasteiger partial charge in [0.15, 0.2) is 11.7 Å². The number of benzene rings is 1. The zero-order valence-electron chi connectivity index (χ0n) is 10.6. The summed E-state index contributed by atoms with van der Waals surface area (Å²) in [5, 5.41) is 47.4. The molecule has 2 aromatic rings. The molecule has 0 saturated carbocycles. The third-order valence-electron chi connectivity index (χ3n) is 3.43. The van der Waals surface area contributed by atoms with Crippen LogP contribution in [0.3, 0.4) is 0 Å². The van der Waals surface area contributed by atoms with Crippen LogP contribution in [0.2, 0.25) is 0 Å². The van der Waals surface area contributed by atoms with E-state index in [9.17, 15) is 20.3 Å². The number of nitro groups is 1. The van der Waals surface area contributed by atoms with E-state index in [2.05, 4.69) is 10.3 Å². The minimum atomic E-state index is -1.38. The zero-order valence-corrected chi connectivity index (χ0v) is 10.6. The van der Waals surface area contributed by atoms with E-state index in [0.717, 1.165) is 4.68 Å². The molecule has 0 radical (unpaired) electrons. The summed E-state index contributed by atoms with van der Waals surface area (Å²) in [5.74, 6) is 0. The van der Waals surface area contributed by atoms with E-state index in [4.69, 9.17) is 9.84 Å². The standard InChI is InChI=1S/C11H12N4O6/c16-4-7-9(17)10(18)11(21-7)14-8-5(12-13-14)2-1-3-6(8)15(19)20/h1-3,7,9-11,16-18H,4H2/t7-,9-,10-,11-/m1/s1. The Morgan fingerprint density at radius 3 is 2.76 bits per heavy atom. The first kappa shape index (κ1) is 13.8. The van der Waals surface area contributed by atoms with Gasteiger partial charge in [-0.1, -0.05) is 11.3 Å². The van der Waals surface area contributed by atoms with Crippen molar-refractivity contribution in [1.29, 1.82) is 0 Å². The third kappa shape index (κ3) is 2.05. The van der Waals surface area contributed by atoms with Crippen LogP contribution in [0, 0.1) is 10.1 Å². The van der Waals surface area contributed by atoms with Gasteiger partial charge >= 0.3 is 0 Å². The summed E-state index contributed by atoms with van der Waals surface area (Å²) in [6.07, 6.45) is -4.86. The fraction of sp³-hybridized carbons (Fsp3) is 0.455. The van der Waals surface area contributed by atoms with Crippen molar-refractivity contribution in [3.8, 4) is 0 Å². The van der Waals surface area contributed by atoms with Gasteiger partial charge in [-0.25, -0.2) is 4.68 Å². The maximum Gasteiger partial charge on any atom is 0.296 e. The van der Waals surface area contributed by atoms with Gasteiger partial charge in [0.1, 0.15) is 23.8 Å². The Hall–Kier alpha value is -2.14. The Kier molecular flexibility index (Phi) is 3.29. The van der Waals surface area contributed by atoms with Crippen molar-refractivity contribution in [3.63, 3.8) is 0 Å². The van der Waals surface area contributed by atoms with Gasteiger partial charge in [-0.15, -0.1) is 5.10 Å². The number of para-hydroxylation sites is 1. The van der Waals surface area contributed by atoms with E-state index in [-0.39, 0.29) is 16.7 Å². The third-order valence-corrected chi connectivity index (χ3v) is 3.43. The Bertz CT molecular complexity index is 688. The number of nitro benzene ring substituents is 1. The van der Waals surface area contributed by atoms with E-state index < -0.39 is 36.1 Å². The molecule has 3 N–H and O–H groups in total. The number of aliphatic hydroxyl groups excluding tert-OH is 3. The minimum Gasteiger partial charge on any atom is -0.394 e. The number of hydrogen-bond donors (Lipinski definition) is 3. The molecule has 1 aliphatic rings. The Labute approximate surface area is 117 Å². The molecule has 3 rings (SSSR count). The van der Waals surface area contributed by atoms with Crippen molar-refractivity contribution >= 4 is 16.7 Å². The Morgan fingerprint density at radius 2 is 2.14 bits per heavy atom. The van der Waals surface area contributed by atoms with Crippen molar-refractivity contribution in [2.75, 3.05) is 6.61 Å². The van der Waals surface area contributed by atoms with Crippen LogP contribution in [-0.2, 0) is 4.74 Å². The summed E-state index contributed by atoms with van der Waals surface area (Å²) in [6, 6.07) is 4.29. The predicted octanol–water partition coefficient (Wildman–Crippen LogP) is -1.05. The van der Waals surface area contributed by atoms with Crippen molar-refractivity contribution in [3.05, 3.63) is 28.3 Å². The number of rotatable bonds is 3. The molecule has 1 aliphatic heterocycles. The van der Waals surface area contributed by atoms with Crippen molar-refractivity contribution < 1.29 is 25.0 Å². The maximum atomic E-state index is 11.1. The van der Waals surface area contributed by atoms with Gasteiger partial charge in [0.05, 0.1) is 11.5 Å². The zero-order chi connectivity index (χ0) is 15.1. The fourth-order valence-electron chi connectivity index (χ4n) is 2.38. The smallest absolute Gasteiger partial charge is 0.296 e. The molecule has 4 atom stereocenters. The lowest BCUT2D eigenvalue weighted by Crippen LogP contribution is -2.33. The summed E-state index contributed by atoms with van der Waals surface area (Å²) in [7, 11) is 0. The van der Waals surface area contributed by atoms with E-state index >= 15 is 0 Å². The second-order valence-electron chi connectivity index (χ2n) is 4.66. The van der Waals surface area contributed by atoms with Crippen molar-refractivity contribution in [2.24, 2.45) is 0 Å². The first-order chi connectivity index (χ1) is 10.0. The average molecular weight is 296 g/mol. The monoisotopic (exact) mass is 296 g/mol. The molecular formula is C11H12N4O6. The van der Waals surface area contributed by atoms with Crippen LogP contribution in [0.5, 0.6) is 0 Å². The molecule has 10 heteroatoms. The molecule has 10 nitrogen and oxygen atoms in total. The van der Waals surface area contributed by atoms with Crippen molar-refractivity contribution in [2.45, 2.75) is 24.5 Å². The topological polar surface area (TPSA) is 144 Å². The van der Waals surface area contributed by atoms with E-state index in [1.807, 2.05) is 0 Å². The van der Waals surface area contributed by atoms with Crippen LogP contribution in [0.4, 0.5) is 5.69 Å². The number of aliphatic hydroxyl groups is 3. The van der Waals surface area contributed by atoms with E-state index in [1.54, 1.807) is 0 Å². The summed E-state index contributed by atoms with van der Waals surface area (Å²) in [5.41, 5.74) is 0.106. The Balaban J connectivity index is 2.11. The summed E-state index contributed by atoms with van der Waals surface area (Å²) in [6.45, 7) is -0.497. The van der Waals surface area contributed by atoms with Crippen LogP contribution in [0.15, 0.2) is 18.2 Å². The molecule has 21 heavy (non-hydrogen) atoms. The summed E-state index contributed by atoms with van der Waals surface area (Å²) >= 11 is 0. The highest BCUT2D eigenvalue weighted by Crippen LogP contribution is 2.33. The highest BCUT2D eigenvalue weighted by molar-refractivity contribution is 5.84. The molecule has 1 aromatic heterocycles. The second-order valence-corrected chi connectivity index (χ2v) is 4.66. The van der Waals surface area contributed by atoms with Gasteiger partial charge < -0.3 is 20.1 Å². The summed E-state index contributed by atoms with van der Waals surface area (Å²) in [4.78, 5) is 10.5. The minimum absolute atomic E-state index is 0.0809. The first-order valence-corrected chi connectivity index (χ1v) is 6.15. The molecule has 0 bridgehead atoms. The number of hydrogen-bond acceptors (Lipinski definition) is 8. The lowest BCUT2D eigenvalue weighted by atomic mass is 10.1. The maximum absolute atomic E-state index is 11.1. The number of fused-ring (bicyclic) bond motifs is 1. The molecule has 2 heterocycles. The summed E-state index contributed by atoms with van der Waals surface area (Å²) < 4.78 is 6.36.